The maximum Gasteiger partial charge on any atom is 0.343 e. The summed E-state index contributed by atoms with van der Waals surface area (Å²) in [6.45, 7) is 7.96. The average Bonchev–Trinajstić information content (AvgIpc) is 3.54. The van der Waals surface area contributed by atoms with Crippen molar-refractivity contribution in [3.63, 3.8) is 0 Å². The summed E-state index contributed by atoms with van der Waals surface area (Å²) in [5.74, 6) is -1.12. The Bertz CT molecular complexity index is 2220. The zero-order valence-corrected chi connectivity index (χ0v) is 31.4. The molecule has 15 nitrogen and oxygen atoms in total. The summed E-state index contributed by atoms with van der Waals surface area (Å²) in [5, 5.41) is 20.2. The highest BCUT2D eigenvalue weighted by molar-refractivity contribution is 5.98. The molecule has 8 N–H and O–H groups in total. The van der Waals surface area contributed by atoms with E-state index < -0.39 is 41.5 Å². The number of ether oxygens (including phenoxy) is 2. The number of esters is 1. The largest absolute Gasteiger partial charge is 0.489 e. The Kier molecular flexibility index (Phi) is 11.2. The topological polar surface area (TPSA) is 230 Å². The van der Waals surface area contributed by atoms with Crippen LogP contribution in [0.15, 0.2) is 53.3 Å². The summed E-state index contributed by atoms with van der Waals surface area (Å²) in [4.78, 5) is 68.1. The molecule has 0 saturated carbocycles. The number of rotatable bonds is 14. The molecule has 0 saturated heterocycles. The smallest absolute Gasteiger partial charge is 0.343 e. The van der Waals surface area contributed by atoms with Crippen LogP contribution in [0.5, 0.6) is 5.75 Å². The van der Waals surface area contributed by atoms with Crippen molar-refractivity contribution in [2.45, 2.75) is 90.8 Å². The number of aliphatic hydroxyl groups is 1. The molecule has 15 heteroatoms. The maximum atomic E-state index is 13.7. The van der Waals surface area contributed by atoms with Crippen LogP contribution in [-0.4, -0.2) is 57.1 Å². The molecule has 0 radical (unpaired) electrons. The van der Waals surface area contributed by atoms with E-state index in [-0.39, 0.29) is 55.2 Å². The van der Waals surface area contributed by atoms with Gasteiger partial charge in [0, 0.05) is 28.7 Å². The van der Waals surface area contributed by atoms with E-state index in [0.717, 1.165) is 27.6 Å². The van der Waals surface area contributed by atoms with Crippen LogP contribution >= 0.6 is 0 Å². The third-order valence-corrected chi connectivity index (χ3v) is 10.4. The van der Waals surface area contributed by atoms with Gasteiger partial charge in [0.25, 0.3) is 5.56 Å². The van der Waals surface area contributed by atoms with Crippen molar-refractivity contribution < 1.29 is 33.8 Å². The van der Waals surface area contributed by atoms with E-state index in [1.165, 1.54) is 0 Å². The number of benzene rings is 2. The van der Waals surface area contributed by atoms with E-state index in [9.17, 15) is 29.1 Å². The number of fused-ring (bicyclic) bond motifs is 5. The van der Waals surface area contributed by atoms with Crippen LogP contribution < -0.4 is 37.7 Å². The SMILES string of the molecule is CCc1c2c(nc3ccc(OCc4ccc(NC(=O)C(CCCNC(N)=O)NC(=O)C(N)C(C)C)cc4)cc13)-c1cc3c(c(=O)n1C2)COC(=O)[C@]3(O)CC. The number of nitrogens with two attached hydrogens (primary N) is 2. The van der Waals surface area contributed by atoms with Crippen LogP contribution in [0, 0.1) is 5.92 Å². The molecule has 0 bridgehead atoms. The molecule has 290 valence electrons. The van der Waals surface area contributed by atoms with Gasteiger partial charge in [0.15, 0.2) is 5.60 Å². The minimum Gasteiger partial charge on any atom is -0.489 e. The summed E-state index contributed by atoms with van der Waals surface area (Å²) in [5.41, 5.74) is 14.7. The highest BCUT2D eigenvalue weighted by Gasteiger charge is 2.45. The standard InChI is InChI=1S/C40H47N7O8/c1-5-25-26-16-24(13-14-30(26)45-34-27(25)18-47-32(34)17-29-28(37(47)50)20-55-38(51)40(29,53)6-2)54-19-22-9-11-23(12-10-22)44-35(48)31(8-7-15-43-39(42)52)46-36(49)33(41)21(3)4/h9-14,16-17,21,31,33,53H,5-8,15,18-20,41H2,1-4H3,(H,44,48)(H,46,49)(H3,42,43,52)/t31?,33?,40-/m0/s1. The van der Waals surface area contributed by atoms with Crippen LogP contribution in [0.2, 0.25) is 0 Å². The molecule has 0 spiro atoms. The van der Waals surface area contributed by atoms with Gasteiger partial charge >= 0.3 is 12.0 Å². The molecule has 4 amide bonds. The van der Waals surface area contributed by atoms with Gasteiger partial charge in [-0.1, -0.05) is 39.8 Å². The van der Waals surface area contributed by atoms with Gasteiger partial charge in [-0.05, 0) is 79.1 Å². The lowest BCUT2D eigenvalue weighted by atomic mass is 9.86. The number of carbonyl (C=O) groups is 4. The second-order valence-corrected chi connectivity index (χ2v) is 14.3. The number of urea groups is 1. The Balaban J connectivity index is 1.16. The summed E-state index contributed by atoms with van der Waals surface area (Å²) < 4.78 is 13.0. The van der Waals surface area contributed by atoms with Gasteiger partial charge in [-0.15, -0.1) is 0 Å². The van der Waals surface area contributed by atoms with Gasteiger partial charge in [0.2, 0.25) is 11.8 Å². The Hall–Kier alpha value is -5.80. The monoisotopic (exact) mass is 753 g/mol. The second kappa shape index (κ2) is 15.9. The lowest BCUT2D eigenvalue weighted by Crippen LogP contribution is -2.51. The first-order valence-electron chi connectivity index (χ1n) is 18.5. The molecule has 2 aromatic carbocycles. The van der Waals surface area contributed by atoms with Crippen LogP contribution in [-0.2, 0) is 50.9 Å². The van der Waals surface area contributed by atoms with Gasteiger partial charge in [-0.2, -0.15) is 0 Å². The molecular formula is C40H47N7O8. The van der Waals surface area contributed by atoms with Crippen molar-refractivity contribution in [2.75, 3.05) is 11.9 Å². The molecule has 55 heavy (non-hydrogen) atoms. The van der Waals surface area contributed by atoms with Gasteiger partial charge in [-0.25, -0.2) is 14.6 Å². The second-order valence-electron chi connectivity index (χ2n) is 14.3. The molecule has 0 fully saturated rings. The van der Waals surface area contributed by atoms with Gasteiger partial charge in [0.1, 0.15) is 25.0 Å². The van der Waals surface area contributed by atoms with Crippen LogP contribution in [0.1, 0.15) is 74.8 Å². The number of carbonyl (C=O) groups excluding carboxylic acids is 4. The number of anilines is 1. The fourth-order valence-corrected chi connectivity index (χ4v) is 7.07. The Labute approximate surface area is 317 Å². The number of pyridine rings is 2. The third-order valence-electron chi connectivity index (χ3n) is 10.4. The minimum atomic E-state index is -1.90. The van der Waals surface area contributed by atoms with Crippen LogP contribution in [0.4, 0.5) is 10.5 Å². The molecule has 2 unspecified atom stereocenters. The summed E-state index contributed by atoms with van der Waals surface area (Å²) in [6.07, 6.45) is 1.40. The molecule has 2 aromatic heterocycles. The van der Waals surface area contributed by atoms with Crippen molar-refractivity contribution >= 4 is 40.4 Å². The van der Waals surface area contributed by atoms with Gasteiger partial charge in [-0.3, -0.25) is 14.4 Å². The first kappa shape index (κ1) is 38.9. The zero-order valence-electron chi connectivity index (χ0n) is 31.4. The number of amides is 4. The lowest BCUT2D eigenvalue weighted by Gasteiger charge is -2.31. The van der Waals surface area contributed by atoms with Crippen molar-refractivity contribution in [3.05, 3.63) is 86.7 Å². The van der Waals surface area contributed by atoms with E-state index in [1.807, 2.05) is 51.1 Å². The van der Waals surface area contributed by atoms with Gasteiger partial charge in [0.05, 0.1) is 35.1 Å². The maximum absolute atomic E-state index is 13.7. The molecule has 4 aromatic rings. The van der Waals surface area contributed by atoms with E-state index in [0.29, 0.717) is 42.2 Å². The van der Waals surface area contributed by atoms with Gasteiger partial charge < -0.3 is 46.6 Å². The predicted octanol–water partition coefficient (Wildman–Crippen LogP) is 3.08. The number of nitrogens with one attached hydrogen (secondary N) is 3. The van der Waals surface area contributed by atoms with Crippen LogP contribution in [0.25, 0.3) is 22.3 Å². The first-order valence-corrected chi connectivity index (χ1v) is 18.5. The quantitative estimate of drug-likeness (QED) is 0.0717. The number of hydrogen-bond acceptors (Lipinski definition) is 10. The summed E-state index contributed by atoms with van der Waals surface area (Å²) >= 11 is 0. The highest BCUT2D eigenvalue weighted by atomic mass is 16.6. The average molecular weight is 754 g/mol. The number of nitrogens with zero attached hydrogens (tertiary/aromatic N) is 2. The highest BCUT2D eigenvalue weighted by Crippen LogP contribution is 2.40. The third kappa shape index (κ3) is 7.75. The molecule has 0 aliphatic carbocycles. The van der Waals surface area contributed by atoms with Crippen molar-refractivity contribution in [1.82, 2.24) is 20.2 Å². The van der Waals surface area contributed by atoms with Crippen molar-refractivity contribution in [2.24, 2.45) is 17.4 Å². The lowest BCUT2D eigenvalue weighted by molar-refractivity contribution is -0.172. The number of cyclic esters (lactones) is 1. The van der Waals surface area contributed by atoms with Crippen LogP contribution in [0.3, 0.4) is 0 Å². The van der Waals surface area contributed by atoms with E-state index in [2.05, 4.69) is 16.0 Å². The number of aryl methyl sites for hydroxylation is 1. The van der Waals surface area contributed by atoms with E-state index in [1.54, 1.807) is 29.7 Å². The number of hydrogen-bond donors (Lipinski definition) is 6. The molecule has 3 atom stereocenters. The molecule has 2 aliphatic heterocycles. The summed E-state index contributed by atoms with van der Waals surface area (Å²) in [6, 6.07) is 12.2. The summed E-state index contributed by atoms with van der Waals surface area (Å²) in [7, 11) is 0. The van der Waals surface area contributed by atoms with Crippen molar-refractivity contribution in [1.29, 1.82) is 0 Å². The number of primary amides is 1. The molecule has 6 rings (SSSR count). The first-order chi connectivity index (χ1) is 26.2. The fraction of sp³-hybridized carbons (Fsp3) is 0.400. The predicted molar refractivity (Wildman–Crippen MR) is 205 cm³/mol. The Morgan fingerprint density at radius 1 is 1.05 bits per heavy atom. The minimum absolute atomic E-state index is 0.0689. The molecular weight excluding hydrogens is 706 g/mol. The zero-order chi connectivity index (χ0) is 39.6. The van der Waals surface area contributed by atoms with E-state index >= 15 is 0 Å². The van der Waals surface area contributed by atoms with Crippen molar-refractivity contribution in [3.8, 4) is 17.1 Å². The van der Waals surface area contributed by atoms with E-state index in [4.69, 9.17) is 25.9 Å². The molecule has 4 heterocycles. The number of aromatic nitrogens is 2. The molecule has 2 aliphatic rings. The normalized spacial score (nSPS) is 16.7. The Morgan fingerprint density at radius 2 is 1.80 bits per heavy atom. The fourth-order valence-electron chi connectivity index (χ4n) is 7.07. The Morgan fingerprint density at radius 3 is 2.47 bits per heavy atom.